The molecule has 0 aliphatic carbocycles. The molecule has 0 atom stereocenters. The van der Waals surface area contributed by atoms with Crippen molar-refractivity contribution in [1.29, 1.82) is 0 Å². The molecule has 1 amide bonds. The monoisotopic (exact) mass is 377 g/mol. The molecule has 0 unspecified atom stereocenters. The normalized spacial score (nSPS) is 15.2. The van der Waals surface area contributed by atoms with Gasteiger partial charge in [-0.15, -0.1) is 11.8 Å². The molecular weight excluding hydrogens is 357 g/mol. The lowest BCUT2D eigenvalue weighted by molar-refractivity contribution is -0.132. The number of thioether (sulfide) groups is 1. The van der Waals surface area contributed by atoms with Gasteiger partial charge in [-0.1, -0.05) is 12.1 Å². The topological polar surface area (TPSA) is 75.4 Å². The SMILES string of the molecule is O=C(O)c1cnn(C2CCN(C(=O)CCSc3ccccc3F)CC2)c1. The van der Waals surface area contributed by atoms with Gasteiger partial charge in [-0.25, -0.2) is 9.18 Å². The number of halogens is 1. The van der Waals surface area contributed by atoms with Crippen molar-refractivity contribution in [2.45, 2.75) is 30.2 Å². The van der Waals surface area contributed by atoms with E-state index in [2.05, 4.69) is 5.10 Å². The van der Waals surface area contributed by atoms with Crippen LogP contribution in [-0.2, 0) is 4.79 Å². The van der Waals surface area contributed by atoms with Gasteiger partial charge in [-0.3, -0.25) is 9.48 Å². The Morgan fingerprint density at radius 3 is 2.65 bits per heavy atom. The number of piperidine rings is 1. The van der Waals surface area contributed by atoms with Gasteiger partial charge in [0.05, 0.1) is 17.8 Å². The van der Waals surface area contributed by atoms with Gasteiger partial charge in [0.15, 0.2) is 0 Å². The Balaban J connectivity index is 1.44. The summed E-state index contributed by atoms with van der Waals surface area (Å²) in [5.74, 6) is -0.637. The molecule has 0 bridgehead atoms. The Morgan fingerprint density at radius 2 is 2.00 bits per heavy atom. The molecule has 1 aromatic heterocycles. The summed E-state index contributed by atoms with van der Waals surface area (Å²) in [5.41, 5.74) is 0.175. The summed E-state index contributed by atoms with van der Waals surface area (Å²) in [4.78, 5) is 25.6. The molecule has 1 N–H and O–H groups in total. The average Bonchev–Trinajstić information content (AvgIpc) is 3.14. The zero-order valence-corrected chi connectivity index (χ0v) is 15.0. The maximum absolute atomic E-state index is 13.6. The molecule has 1 saturated heterocycles. The van der Waals surface area contributed by atoms with Gasteiger partial charge in [0.25, 0.3) is 0 Å². The molecule has 138 valence electrons. The molecule has 1 aliphatic rings. The van der Waals surface area contributed by atoms with Gasteiger partial charge in [0, 0.05) is 36.4 Å². The van der Waals surface area contributed by atoms with Crippen molar-refractivity contribution in [3.63, 3.8) is 0 Å². The molecule has 1 aliphatic heterocycles. The van der Waals surface area contributed by atoms with Crippen LogP contribution in [0.25, 0.3) is 0 Å². The number of carboxylic acid groups (broad SMARTS) is 1. The number of hydrogen-bond acceptors (Lipinski definition) is 4. The minimum absolute atomic E-state index is 0.0685. The number of likely N-dealkylation sites (tertiary alicyclic amines) is 1. The van der Waals surface area contributed by atoms with Crippen LogP contribution < -0.4 is 0 Å². The van der Waals surface area contributed by atoms with E-state index in [9.17, 15) is 14.0 Å². The smallest absolute Gasteiger partial charge is 0.338 e. The van der Waals surface area contributed by atoms with Crippen molar-refractivity contribution < 1.29 is 19.1 Å². The number of benzene rings is 1. The number of carbonyl (C=O) groups excluding carboxylic acids is 1. The van der Waals surface area contributed by atoms with Crippen LogP contribution in [0.15, 0.2) is 41.6 Å². The van der Waals surface area contributed by atoms with E-state index in [0.717, 1.165) is 12.8 Å². The summed E-state index contributed by atoms with van der Waals surface area (Å²) in [7, 11) is 0. The van der Waals surface area contributed by atoms with E-state index in [0.29, 0.717) is 30.2 Å². The lowest BCUT2D eigenvalue weighted by Gasteiger charge is -2.32. The van der Waals surface area contributed by atoms with Crippen molar-refractivity contribution in [3.8, 4) is 0 Å². The average molecular weight is 377 g/mol. The van der Waals surface area contributed by atoms with E-state index in [4.69, 9.17) is 5.11 Å². The van der Waals surface area contributed by atoms with Gasteiger partial charge >= 0.3 is 5.97 Å². The fraction of sp³-hybridized carbons (Fsp3) is 0.389. The maximum Gasteiger partial charge on any atom is 0.338 e. The molecule has 1 aromatic carbocycles. The van der Waals surface area contributed by atoms with Crippen LogP contribution in [0.2, 0.25) is 0 Å². The van der Waals surface area contributed by atoms with Crippen LogP contribution in [0.5, 0.6) is 0 Å². The number of carbonyl (C=O) groups is 2. The van der Waals surface area contributed by atoms with E-state index < -0.39 is 5.97 Å². The third-order valence-corrected chi connectivity index (χ3v) is 5.50. The molecule has 0 radical (unpaired) electrons. The Hall–Kier alpha value is -2.35. The number of nitrogens with zero attached hydrogens (tertiary/aromatic N) is 3. The number of aromatic carboxylic acids is 1. The highest BCUT2D eigenvalue weighted by Gasteiger charge is 2.24. The third kappa shape index (κ3) is 4.43. The lowest BCUT2D eigenvalue weighted by atomic mass is 10.1. The van der Waals surface area contributed by atoms with E-state index in [1.165, 1.54) is 30.2 Å². The summed E-state index contributed by atoms with van der Waals surface area (Å²) in [6.45, 7) is 1.24. The number of hydrogen-bond donors (Lipinski definition) is 1. The van der Waals surface area contributed by atoms with Crippen LogP contribution in [0, 0.1) is 5.82 Å². The van der Waals surface area contributed by atoms with E-state index in [1.54, 1.807) is 22.9 Å². The fourth-order valence-electron chi connectivity index (χ4n) is 3.00. The van der Waals surface area contributed by atoms with Crippen LogP contribution in [0.4, 0.5) is 4.39 Å². The van der Waals surface area contributed by atoms with E-state index >= 15 is 0 Å². The highest BCUT2D eigenvalue weighted by molar-refractivity contribution is 7.99. The first-order valence-electron chi connectivity index (χ1n) is 8.47. The quantitative estimate of drug-likeness (QED) is 0.783. The van der Waals surface area contributed by atoms with Gasteiger partial charge in [-0.2, -0.15) is 5.10 Å². The van der Waals surface area contributed by atoms with Crippen molar-refractivity contribution in [2.24, 2.45) is 0 Å². The molecule has 8 heteroatoms. The van der Waals surface area contributed by atoms with Gasteiger partial charge in [0.2, 0.25) is 5.91 Å². The summed E-state index contributed by atoms with van der Waals surface area (Å²) in [6.07, 6.45) is 4.74. The Kier molecular flexibility index (Phi) is 5.92. The first kappa shape index (κ1) is 18.4. The highest BCUT2D eigenvalue weighted by atomic mass is 32.2. The highest BCUT2D eigenvalue weighted by Crippen LogP contribution is 2.25. The molecule has 1 fully saturated rings. The van der Waals surface area contributed by atoms with Crippen LogP contribution >= 0.6 is 11.8 Å². The van der Waals surface area contributed by atoms with Gasteiger partial charge in [0.1, 0.15) is 5.82 Å². The number of carboxylic acids is 1. The predicted molar refractivity (Wildman–Crippen MR) is 95.8 cm³/mol. The third-order valence-electron chi connectivity index (χ3n) is 4.45. The zero-order chi connectivity index (χ0) is 18.5. The van der Waals surface area contributed by atoms with Gasteiger partial charge < -0.3 is 10.0 Å². The Bertz CT molecular complexity index is 787. The predicted octanol–water partition coefficient (Wildman–Crippen LogP) is 3.07. The molecule has 2 aromatic rings. The second-order valence-electron chi connectivity index (χ2n) is 6.16. The molecule has 0 spiro atoms. The standard InChI is InChI=1S/C18H20FN3O3S/c19-15-3-1-2-4-16(15)26-10-7-17(23)21-8-5-14(6-9-21)22-12-13(11-20-22)18(24)25/h1-4,11-12,14H,5-10H2,(H,24,25). The van der Waals surface area contributed by atoms with Crippen LogP contribution in [0.3, 0.4) is 0 Å². The first-order chi connectivity index (χ1) is 12.5. The molecule has 26 heavy (non-hydrogen) atoms. The summed E-state index contributed by atoms with van der Waals surface area (Å²) in [6, 6.07) is 6.67. The van der Waals surface area contributed by atoms with Crippen molar-refractivity contribution in [1.82, 2.24) is 14.7 Å². The van der Waals surface area contributed by atoms with Crippen LogP contribution in [0.1, 0.15) is 35.7 Å². The summed E-state index contributed by atoms with van der Waals surface area (Å²) in [5, 5.41) is 13.1. The minimum Gasteiger partial charge on any atom is -0.478 e. The van der Waals surface area contributed by atoms with Gasteiger partial charge in [-0.05, 0) is 25.0 Å². The molecular formula is C18H20FN3O3S. The largest absolute Gasteiger partial charge is 0.478 e. The second-order valence-corrected chi connectivity index (χ2v) is 7.29. The zero-order valence-electron chi connectivity index (χ0n) is 14.2. The Morgan fingerprint density at radius 1 is 1.27 bits per heavy atom. The fourth-order valence-corrected chi connectivity index (χ4v) is 3.87. The van der Waals surface area contributed by atoms with E-state index in [1.807, 2.05) is 4.90 Å². The van der Waals surface area contributed by atoms with Crippen molar-refractivity contribution >= 4 is 23.6 Å². The number of aromatic nitrogens is 2. The van der Waals surface area contributed by atoms with Crippen molar-refractivity contribution in [3.05, 3.63) is 48.0 Å². The van der Waals surface area contributed by atoms with Crippen LogP contribution in [-0.4, -0.2) is 50.5 Å². The summed E-state index contributed by atoms with van der Waals surface area (Å²) < 4.78 is 15.2. The number of rotatable bonds is 6. The first-order valence-corrected chi connectivity index (χ1v) is 9.45. The number of amides is 1. The van der Waals surface area contributed by atoms with E-state index in [-0.39, 0.29) is 23.3 Å². The molecule has 3 rings (SSSR count). The molecule has 6 nitrogen and oxygen atoms in total. The molecule has 0 saturated carbocycles. The van der Waals surface area contributed by atoms with Crippen molar-refractivity contribution in [2.75, 3.05) is 18.8 Å². The minimum atomic E-state index is -0.990. The maximum atomic E-state index is 13.6. The molecule has 2 heterocycles. The lowest BCUT2D eigenvalue weighted by Crippen LogP contribution is -2.39. The Labute approximate surface area is 155 Å². The summed E-state index contributed by atoms with van der Waals surface area (Å²) >= 11 is 1.35. The second kappa shape index (κ2) is 8.35.